The summed E-state index contributed by atoms with van der Waals surface area (Å²) in [6.07, 6.45) is 1.42. The van der Waals surface area contributed by atoms with Crippen molar-refractivity contribution in [3.63, 3.8) is 0 Å². The van der Waals surface area contributed by atoms with E-state index >= 15 is 0 Å². The normalized spacial score (nSPS) is 10.2. The summed E-state index contributed by atoms with van der Waals surface area (Å²) in [5.41, 5.74) is 0.728. The number of aryl methyl sites for hydroxylation is 1. The molecule has 2 aromatic rings. The highest BCUT2D eigenvalue weighted by Crippen LogP contribution is 2.31. The molecule has 0 atom stereocenters. The van der Waals surface area contributed by atoms with E-state index in [9.17, 15) is 4.79 Å². The maximum absolute atomic E-state index is 12.3. The van der Waals surface area contributed by atoms with Gasteiger partial charge in [-0.3, -0.25) is 4.79 Å². The molecular weight excluding hydrogens is 346 g/mol. The summed E-state index contributed by atoms with van der Waals surface area (Å²) >= 11 is 9.39. The van der Waals surface area contributed by atoms with Gasteiger partial charge in [-0.05, 0) is 35.0 Å². The average molecular weight is 357 g/mol. The Morgan fingerprint density at radius 1 is 1.45 bits per heavy atom. The predicted molar refractivity (Wildman–Crippen MR) is 80.4 cm³/mol. The van der Waals surface area contributed by atoms with Crippen molar-refractivity contribution in [2.45, 2.75) is 6.92 Å². The molecule has 1 aromatic heterocycles. The van der Waals surface area contributed by atoms with Crippen LogP contribution in [0.25, 0.3) is 0 Å². The molecule has 1 aromatic carbocycles. The Balaban J connectivity index is 2.33. The summed E-state index contributed by atoms with van der Waals surface area (Å²) < 4.78 is 5.77. The molecule has 1 heterocycles. The number of rotatable bonds is 3. The van der Waals surface area contributed by atoms with Gasteiger partial charge in [-0.25, -0.2) is 4.98 Å². The van der Waals surface area contributed by atoms with Gasteiger partial charge >= 0.3 is 0 Å². The number of methoxy groups -OCH3 is 1. The van der Waals surface area contributed by atoms with Gasteiger partial charge in [-0.1, -0.05) is 17.7 Å². The summed E-state index contributed by atoms with van der Waals surface area (Å²) in [6.45, 7) is 1.72. The van der Waals surface area contributed by atoms with Gasteiger partial charge in [0, 0.05) is 10.7 Å². The SMILES string of the molecule is COc1nc(C)ncc1C(=O)Nc1c(Cl)cccc1Br. The number of halogens is 2. The molecule has 1 amide bonds. The van der Waals surface area contributed by atoms with Crippen LogP contribution in [-0.4, -0.2) is 23.0 Å². The standard InChI is InChI=1S/C13H11BrClN3O2/c1-7-16-6-8(13(17-7)20-2)12(19)18-11-9(14)4-3-5-10(11)15/h3-6H,1-2H3,(H,18,19). The summed E-state index contributed by atoms with van der Waals surface area (Å²) in [6, 6.07) is 5.24. The minimum absolute atomic E-state index is 0.221. The fourth-order valence-corrected chi connectivity index (χ4v) is 2.36. The first-order valence-corrected chi connectivity index (χ1v) is 6.83. The molecular formula is C13H11BrClN3O2. The van der Waals surface area contributed by atoms with Crippen LogP contribution in [0.1, 0.15) is 16.2 Å². The highest BCUT2D eigenvalue weighted by molar-refractivity contribution is 9.10. The minimum atomic E-state index is -0.393. The average Bonchev–Trinajstić information content (AvgIpc) is 2.42. The number of hydrogen-bond acceptors (Lipinski definition) is 4. The second-order valence-corrected chi connectivity index (χ2v) is 5.15. The Morgan fingerprint density at radius 3 is 2.85 bits per heavy atom. The van der Waals surface area contributed by atoms with Gasteiger partial charge in [-0.15, -0.1) is 0 Å². The Labute approximate surface area is 129 Å². The molecule has 104 valence electrons. The van der Waals surface area contributed by atoms with Crippen LogP contribution < -0.4 is 10.1 Å². The number of carbonyl (C=O) groups excluding carboxylic acids is 1. The predicted octanol–water partition coefficient (Wildman–Crippen LogP) is 3.46. The maximum Gasteiger partial charge on any atom is 0.262 e. The van der Waals surface area contributed by atoms with E-state index in [4.69, 9.17) is 16.3 Å². The van der Waals surface area contributed by atoms with Crippen molar-refractivity contribution >= 4 is 39.1 Å². The van der Waals surface area contributed by atoms with E-state index in [2.05, 4.69) is 31.2 Å². The summed E-state index contributed by atoms with van der Waals surface area (Å²) in [5, 5.41) is 3.14. The number of para-hydroxylation sites is 1. The van der Waals surface area contributed by atoms with Gasteiger partial charge in [0.2, 0.25) is 5.88 Å². The second kappa shape index (κ2) is 6.19. The third kappa shape index (κ3) is 3.08. The first-order chi connectivity index (χ1) is 9.52. The third-order valence-corrected chi connectivity index (χ3v) is 3.49. The van der Waals surface area contributed by atoms with Gasteiger partial charge in [0.1, 0.15) is 11.4 Å². The lowest BCUT2D eigenvalue weighted by molar-refractivity contribution is 0.102. The molecule has 0 aliphatic heterocycles. The van der Waals surface area contributed by atoms with Crippen LogP contribution in [-0.2, 0) is 0 Å². The maximum atomic E-state index is 12.3. The van der Waals surface area contributed by atoms with Gasteiger partial charge in [0.05, 0.1) is 17.8 Å². The van der Waals surface area contributed by atoms with Crippen molar-refractivity contribution < 1.29 is 9.53 Å². The molecule has 0 fully saturated rings. The van der Waals surface area contributed by atoms with E-state index in [0.717, 1.165) is 0 Å². The number of amides is 1. The third-order valence-electron chi connectivity index (χ3n) is 2.51. The summed E-state index contributed by atoms with van der Waals surface area (Å²) in [5.74, 6) is 0.353. The first kappa shape index (κ1) is 14.7. The van der Waals surface area contributed by atoms with Crippen molar-refractivity contribution in [2.24, 2.45) is 0 Å². The second-order valence-electron chi connectivity index (χ2n) is 3.89. The molecule has 0 saturated heterocycles. The van der Waals surface area contributed by atoms with Crippen molar-refractivity contribution in [2.75, 3.05) is 12.4 Å². The van der Waals surface area contributed by atoms with Crippen LogP contribution in [0.5, 0.6) is 5.88 Å². The van der Waals surface area contributed by atoms with Crippen LogP contribution in [0.4, 0.5) is 5.69 Å². The number of nitrogens with one attached hydrogen (secondary N) is 1. The van der Waals surface area contributed by atoms with E-state index < -0.39 is 5.91 Å². The van der Waals surface area contributed by atoms with Crippen LogP contribution in [0.15, 0.2) is 28.9 Å². The largest absolute Gasteiger partial charge is 0.480 e. The number of anilines is 1. The molecule has 2 rings (SSSR count). The molecule has 0 unspecified atom stereocenters. The molecule has 0 bridgehead atoms. The molecule has 0 aliphatic rings. The number of aromatic nitrogens is 2. The van der Waals surface area contributed by atoms with E-state index in [1.165, 1.54) is 13.3 Å². The summed E-state index contributed by atoms with van der Waals surface area (Å²) in [7, 11) is 1.45. The van der Waals surface area contributed by atoms with Crippen molar-refractivity contribution in [3.8, 4) is 5.88 Å². The van der Waals surface area contributed by atoms with Gasteiger partial charge in [0.25, 0.3) is 5.91 Å². The Kier molecular flexibility index (Phi) is 4.57. The number of carbonyl (C=O) groups is 1. The highest BCUT2D eigenvalue weighted by atomic mass is 79.9. The summed E-state index contributed by atoms with van der Waals surface area (Å²) in [4.78, 5) is 20.3. The van der Waals surface area contributed by atoms with E-state index in [0.29, 0.717) is 21.0 Å². The molecule has 7 heteroatoms. The van der Waals surface area contributed by atoms with Crippen LogP contribution in [0, 0.1) is 6.92 Å². The van der Waals surface area contributed by atoms with Gasteiger partial charge in [-0.2, -0.15) is 4.98 Å². The van der Waals surface area contributed by atoms with E-state index in [1.807, 2.05) is 0 Å². The Hall–Kier alpha value is -1.66. The zero-order chi connectivity index (χ0) is 14.7. The fraction of sp³-hybridized carbons (Fsp3) is 0.154. The lowest BCUT2D eigenvalue weighted by Crippen LogP contribution is -2.15. The monoisotopic (exact) mass is 355 g/mol. The number of ether oxygens (including phenoxy) is 1. The zero-order valence-corrected chi connectivity index (χ0v) is 13.1. The van der Waals surface area contributed by atoms with E-state index in [1.54, 1.807) is 25.1 Å². The smallest absolute Gasteiger partial charge is 0.262 e. The topological polar surface area (TPSA) is 64.1 Å². The molecule has 0 aliphatic carbocycles. The molecule has 0 spiro atoms. The molecule has 5 nitrogen and oxygen atoms in total. The molecule has 1 N–H and O–H groups in total. The lowest BCUT2D eigenvalue weighted by Gasteiger charge is -2.11. The van der Waals surface area contributed by atoms with E-state index in [-0.39, 0.29) is 11.4 Å². The first-order valence-electron chi connectivity index (χ1n) is 5.66. The van der Waals surface area contributed by atoms with Crippen molar-refractivity contribution in [1.29, 1.82) is 0 Å². The fourth-order valence-electron chi connectivity index (χ4n) is 1.56. The molecule has 0 radical (unpaired) electrons. The quantitative estimate of drug-likeness (QED) is 0.914. The highest BCUT2D eigenvalue weighted by Gasteiger charge is 2.17. The lowest BCUT2D eigenvalue weighted by atomic mass is 10.2. The Bertz CT molecular complexity index is 644. The van der Waals surface area contributed by atoms with Crippen molar-refractivity contribution in [1.82, 2.24) is 9.97 Å². The van der Waals surface area contributed by atoms with Crippen LogP contribution in [0.2, 0.25) is 5.02 Å². The van der Waals surface area contributed by atoms with Crippen LogP contribution in [0.3, 0.4) is 0 Å². The number of nitrogens with zero attached hydrogens (tertiary/aromatic N) is 2. The Morgan fingerprint density at radius 2 is 2.20 bits per heavy atom. The molecule has 20 heavy (non-hydrogen) atoms. The minimum Gasteiger partial charge on any atom is -0.480 e. The van der Waals surface area contributed by atoms with Crippen LogP contribution >= 0.6 is 27.5 Å². The number of hydrogen-bond donors (Lipinski definition) is 1. The van der Waals surface area contributed by atoms with Gasteiger partial charge < -0.3 is 10.1 Å². The van der Waals surface area contributed by atoms with Crippen molar-refractivity contribution in [3.05, 3.63) is 45.3 Å². The van der Waals surface area contributed by atoms with Gasteiger partial charge in [0.15, 0.2) is 0 Å². The number of benzene rings is 1. The molecule has 0 saturated carbocycles. The zero-order valence-electron chi connectivity index (χ0n) is 10.8.